The summed E-state index contributed by atoms with van der Waals surface area (Å²) in [5.41, 5.74) is 5.65. The second kappa shape index (κ2) is 10.00. The van der Waals surface area contributed by atoms with Gasteiger partial charge in [0, 0.05) is 25.6 Å². The van der Waals surface area contributed by atoms with E-state index < -0.39 is 0 Å². The van der Waals surface area contributed by atoms with E-state index in [1.54, 1.807) is 9.58 Å². The lowest BCUT2D eigenvalue weighted by Gasteiger charge is -2.31. The number of hydrogen-bond donors (Lipinski definition) is 1. The number of likely N-dealkylation sites (tertiary alicyclic amines) is 1. The van der Waals surface area contributed by atoms with Gasteiger partial charge >= 0.3 is 0 Å². The summed E-state index contributed by atoms with van der Waals surface area (Å²) in [4.78, 5) is 27.6. The summed E-state index contributed by atoms with van der Waals surface area (Å²) in [5.74, 6) is -0.173. The smallest absolute Gasteiger partial charge is 0.276 e. The van der Waals surface area contributed by atoms with Crippen LogP contribution in [0, 0.1) is 19.8 Å². The molecule has 0 radical (unpaired) electrons. The number of nitrogens with one attached hydrogen (secondary N) is 1. The number of carbonyl (C=O) groups excluding carboxylic acids is 2. The summed E-state index contributed by atoms with van der Waals surface area (Å²) in [5, 5.41) is 11.5. The molecule has 1 N–H and O–H groups in total. The molecular formula is C27H31N5O3. The maximum atomic E-state index is 13.2. The average Bonchev–Trinajstić information content (AvgIpc) is 3.31. The van der Waals surface area contributed by atoms with Crippen molar-refractivity contribution in [3.63, 3.8) is 0 Å². The first kappa shape index (κ1) is 23.2. The van der Waals surface area contributed by atoms with Gasteiger partial charge in [0.2, 0.25) is 5.91 Å². The molecule has 2 aliphatic heterocycles. The summed E-state index contributed by atoms with van der Waals surface area (Å²) in [7, 11) is 0. The minimum absolute atomic E-state index is 0.0502. The highest BCUT2D eigenvalue weighted by Crippen LogP contribution is 2.28. The lowest BCUT2D eigenvalue weighted by atomic mass is 9.95. The molecule has 3 heterocycles. The van der Waals surface area contributed by atoms with Gasteiger partial charge < -0.3 is 15.0 Å². The van der Waals surface area contributed by atoms with Gasteiger partial charge in [0.15, 0.2) is 5.69 Å². The standard InChI is InChI=1S/C27H31N5O3/c1-18-3-7-20(8-4-18)15-28-26(33)22-11-13-31(14-12-22)27(34)25-23-17-35-24(16-32(23)30-29-25)21-9-5-19(2)6-10-21/h3-10,22,24H,11-17H2,1-2H3,(H,28,33)/t24-/m0/s1. The van der Waals surface area contributed by atoms with Gasteiger partial charge in [0.1, 0.15) is 6.10 Å². The molecule has 1 aromatic heterocycles. The normalized spacial score (nSPS) is 18.2. The number of ether oxygens (including phenoxy) is 1. The van der Waals surface area contributed by atoms with Gasteiger partial charge in [-0.15, -0.1) is 5.10 Å². The summed E-state index contributed by atoms with van der Waals surface area (Å²) in [6.07, 6.45) is 1.17. The Balaban J connectivity index is 1.15. The lowest BCUT2D eigenvalue weighted by molar-refractivity contribution is -0.126. The van der Waals surface area contributed by atoms with Crippen molar-refractivity contribution < 1.29 is 14.3 Å². The van der Waals surface area contributed by atoms with Crippen LogP contribution in [0.5, 0.6) is 0 Å². The number of aryl methyl sites for hydroxylation is 2. The third-order valence-electron chi connectivity index (χ3n) is 6.99. The van der Waals surface area contributed by atoms with Crippen LogP contribution in [0.15, 0.2) is 48.5 Å². The zero-order valence-electron chi connectivity index (χ0n) is 20.2. The monoisotopic (exact) mass is 473 g/mol. The first-order valence-electron chi connectivity index (χ1n) is 12.2. The van der Waals surface area contributed by atoms with Gasteiger partial charge in [0.05, 0.1) is 18.8 Å². The molecule has 0 spiro atoms. The van der Waals surface area contributed by atoms with Crippen LogP contribution in [0.2, 0.25) is 0 Å². The van der Waals surface area contributed by atoms with Crippen molar-refractivity contribution in [1.82, 2.24) is 25.2 Å². The lowest BCUT2D eigenvalue weighted by Crippen LogP contribution is -2.43. The Bertz CT molecular complexity index is 1190. The Morgan fingerprint density at radius 1 is 1.00 bits per heavy atom. The van der Waals surface area contributed by atoms with Crippen molar-refractivity contribution in [2.45, 2.75) is 52.5 Å². The summed E-state index contributed by atoms with van der Waals surface area (Å²) in [6.45, 7) is 6.50. The van der Waals surface area contributed by atoms with E-state index in [1.165, 1.54) is 11.1 Å². The third-order valence-corrected chi connectivity index (χ3v) is 6.99. The van der Waals surface area contributed by atoms with Crippen LogP contribution < -0.4 is 5.32 Å². The van der Waals surface area contributed by atoms with E-state index in [2.05, 4.69) is 46.8 Å². The van der Waals surface area contributed by atoms with Crippen LogP contribution in [-0.2, 0) is 29.2 Å². The van der Waals surface area contributed by atoms with E-state index in [1.807, 2.05) is 31.2 Å². The minimum Gasteiger partial charge on any atom is -0.365 e. The number of nitrogens with zero attached hydrogens (tertiary/aromatic N) is 4. The molecule has 2 aliphatic rings. The van der Waals surface area contributed by atoms with Gasteiger partial charge in [-0.1, -0.05) is 64.9 Å². The first-order chi connectivity index (χ1) is 17.0. The van der Waals surface area contributed by atoms with Crippen molar-refractivity contribution >= 4 is 11.8 Å². The molecule has 8 nitrogen and oxygen atoms in total. The molecule has 5 rings (SSSR count). The Morgan fingerprint density at radius 2 is 1.66 bits per heavy atom. The largest absolute Gasteiger partial charge is 0.365 e. The average molecular weight is 474 g/mol. The molecule has 0 unspecified atom stereocenters. The molecule has 0 aliphatic carbocycles. The Kier molecular flexibility index (Phi) is 6.63. The predicted molar refractivity (Wildman–Crippen MR) is 130 cm³/mol. The van der Waals surface area contributed by atoms with Crippen molar-refractivity contribution in [2.75, 3.05) is 13.1 Å². The van der Waals surface area contributed by atoms with Crippen molar-refractivity contribution in [3.8, 4) is 0 Å². The number of hydrogen-bond acceptors (Lipinski definition) is 5. The van der Waals surface area contributed by atoms with E-state index in [-0.39, 0.29) is 23.8 Å². The highest BCUT2D eigenvalue weighted by Gasteiger charge is 2.33. The maximum Gasteiger partial charge on any atom is 0.276 e. The highest BCUT2D eigenvalue weighted by molar-refractivity contribution is 5.93. The Morgan fingerprint density at radius 3 is 2.34 bits per heavy atom. The number of amides is 2. The second-order valence-electron chi connectivity index (χ2n) is 9.55. The van der Waals surface area contributed by atoms with Gasteiger partial charge in [0.25, 0.3) is 5.91 Å². The van der Waals surface area contributed by atoms with Crippen LogP contribution in [0.3, 0.4) is 0 Å². The van der Waals surface area contributed by atoms with E-state index in [0.717, 1.165) is 16.8 Å². The van der Waals surface area contributed by atoms with Crippen LogP contribution in [0.25, 0.3) is 0 Å². The summed E-state index contributed by atoms with van der Waals surface area (Å²) >= 11 is 0. The maximum absolute atomic E-state index is 13.2. The molecule has 182 valence electrons. The fourth-order valence-electron chi connectivity index (χ4n) is 4.69. The Hall–Kier alpha value is -3.52. The van der Waals surface area contributed by atoms with Gasteiger partial charge in [-0.25, -0.2) is 4.68 Å². The molecule has 1 atom stereocenters. The first-order valence-corrected chi connectivity index (χ1v) is 12.2. The zero-order chi connectivity index (χ0) is 24.4. The SMILES string of the molecule is Cc1ccc(CNC(=O)C2CCN(C(=O)c3nnn4c3CO[C@H](c3ccc(C)cc3)C4)CC2)cc1. The number of aromatic nitrogens is 3. The molecule has 2 aromatic carbocycles. The summed E-state index contributed by atoms with van der Waals surface area (Å²) in [6, 6.07) is 16.4. The van der Waals surface area contributed by atoms with Crippen molar-refractivity contribution in [3.05, 3.63) is 82.2 Å². The Labute approximate surface area is 205 Å². The summed E-state index contributed by atoms with van der Waals surface area (Å²) < 4.78 is 7.84. The van der Waals surface area contributed by atoms with E-state index in [9.17, 15) is 9.59 Å². The topological polar surface area (TPSA) is 89.4 Å². The van der Waals surface area contributed by atoms with Gasteiger partial charge in [-0.3, -0.25) is 9.59 Å². The number of carbonyl (C=O) groups is 2. The van der Waals surface area contributed by atoms with E-state index in [4.69, 9.17) is 4.74 Å². The van der Waals surface area contributed by atoms with Crippen LogP contribution in [0.4, 0.5) is 0 Å². The van der Waals surface area contributed by atoms with E-state index >= 15 is 0 Å². The number of rotatable bonds is 5. The van der Waals surface area contributed by atoms with Crippen LogP contribution in [0.1, 0.15) is 57.4 Å². The molecule has 2 amide bonds. The fraction of sp³-hybridized carbons (Fsp3) is 0.407. The van der Waals surface area contributed by atoms with Crippen LogP contribution in [-0.4, -0.2) is 44.8 Å². The third kappa shape index (κ3) is 5.12. The van der Waals surface area contributed by atoms with E-state index in [0.29, 0.717) is 51.3 Å². The number of piperidine rings is 1. The van der Waals surface area contributed by atoms with Crippen molar-refractivity contribution in [2.24, 2.45) is 5.92 Å². The van der Waals surface area contributed by atoms with Crippen molar-refractivity contribution in [1.29, 1.82) is 0 Å². The molecule has 0 saturated carbocycles. The molecule has 1 fully saturated rings. The fourth-order valence-corrected chi connectivity index (χ4v) is 4.69. The molecule has 0 bridgehead atoms. The minimum atomic E-state index is -0.137. The van der Waals surface area contributed by atoms with Gasteiger partial charge in [-0.05, 0) is 37.8 Å². The number of fused-ring (bicyclic) bond motifs is 1. The number of benzene rings is 2. The second-order valence-corrected chi connectivity index (χ2v) is 9.55. The highest BCUT2D eigenvalue weighted by atomic mass is 16.5. The molecule has 8 heteroatoms. The quantitative estimate of drug-likeness (QED) is 0.614. The molecule has 35 heavy (non-hydrogen) atoms. The van der Waals surface area contributed by atoms with Gasteiger partial charge in [-0.2, -0.15) is 0 Å². The van der Waals surface area contributed by atoms with Crippen LogP contribution >= 0.6 is 0 Å². The predicted octanol–water partition coefficient (Wildman–Crippen LogP) is 3.34. The molecule has 1 saturated heterocycles. The molecular weight excluding hydrogens is 442 g/mol. The zero-order valence-corrected chi connectivity index (χ0v) is 20.2. The molecule has 3 aromatic rings.